The van der Waals surface area contributed by atoms with Gasteiger partial charge < -0.3 is 15.2 Å². The quantitative estimate of drug-likeness (QED) is 0.843. The van der Waals surface area contributed by atoms with E-state index in [1.165, 1.54) is 25.3 Å². The Morgan fingerprint density at radius 3 is 2.61 bits per heavy atom. The molecule has 6 heteroatoms. The summed E-state index contributed by atoms with van der Waals surface area (Å²) < 4.78 is 18.6. The number of hydrogen-bond donors (Lipinski definition) is 2. The predicted octanol–water partition coefficient (Wildman–Crippen LogP) is 3.05. The van der Waals surface area contributed by atoms with Crippen LogP contribution in [-0.2, 0) is 9.59 Å². The summed E-state index contributed by atoms with van der Waals surface area (Å²) in [7, 11) is 1.48. The number of carbonyl (C=O) groups excluding carboxylic acids is 1. The maximum absolute atomic E-state index is 13.4. The molecule has 1 saturated carbocycles. The smallest absolute Gasteiger partial charge is 0.310 e. The number of methoxy groups -OCH3 is 1. The van der Waals surface area contributed by atoms with Crippen LogP contribution < -0.4 is 10.1 Å². The normalized spacial score (nSPS) is 17.5. The molecule has 2 rings (SSSR count). The van der Waals surface area contributed by atoms with E-state index in [4.69, 9.17) is 4.74 Å². The van der Waals surface area contributed by atoms with E-state index >= 15 is 0 Å². The summed E-state index contributed by atoms with van der Waals surface area (Å²) in [6, 6.07) is 3.63. The van der Waals surface area contributed by atoms with Crippen molar-refractivity contribution in [2.24, 2.45) is 5.41 Å². The van der Waals surface area contributed by atoms with Crippen molar-refractivity contribution >= 4 is 11.9 Å². The number of benzene rings is 1. The van der Waals surface area contributed by atoms with E-state index in [9.17, 15) is 19.1 Å². The summed E-state index contributed by atoms with van der Waals surface area (Å²) in [5, 5.41) is 12.2. The minimum atomic E-state index is -0.962. The first-order valence-corrected chi connectivity index (χ1v) is 7.74. The first-order chi connectivity index (χ1) is 10.9. The van der Waals surface area contributed by atoms with Gasteiger partial charge in [-0.1, -0.05) is 12.8 Å². The van der Waals surface area contributed by atoms with E-state index in [1.54, 1.807) is 6.92 Å². The third-order valence-corrected chi connectivity index (χ3v) is 4.55. The van der Waals surface area contributed by atoms with Crippen LogP contribution in [0.15, 0.2) is 18.2 Å². The molecular formula is C17H22FNO4. The van der Waals surface area contributed by atoms with E-state index in [0.29, 0.717) is 24.2 Å². The first kappa shape index (κ1) is 17.2. The molecule has 0 saturated heterocycles. The van der Waals surface area contributed by atoms with Gasteiger partial charge in [-0.3, -0.25) is 9.59 Å². The molecule has 1 amide bonds. The van der Waals surface area contributed by atoms with Gasteiger partial charge in [0.2, 0.25) is 5.91 Å². The average Bonchev–Trinajstić information content (AvgIpc) is 2.96. The van der Waals surface area contributed by atoms with Crippen LogP contribution in [0.25, 0.3) is 0 Å². The van der Waals surface area contributed by atoms with Gasteiger partial charge in [0.05, 0.1) is 18.6 Å². The van der Waals surface area contributed by atoms with Crippen LogP contribution in [0.5, 0.6) is 5.75 Å². The number of hydrogen-bond acceptors (Lipinski definition) is 3. The van der Waals surface area contributed by atoms with Gasteiger partial charge in [-0.25, -0.2) is 4.39 Å². The minimum absolute atomic E-state index is 0.0513. The molecule has 0 spiro atoms. The molecule has 0 heterocycles. The number of nitrogens with one attached hydrogen (secondary N) is 1. The second-order valence-electron chi connectivity index (χ2n) is 6.14. The molecule has 1 aliphatic rings. The van der Waals surface area contributed by atoms with Crippen molar-refractivity contribution in [1.29, 1.82) is 0 Å². The van der Waals surface area contributed by atoms with Crippen molar-refractivity contribution in [1.82, 2.24) is 5.32 Å². The Morgan fingerprint density at radius 1 is 1.39 bits per heavy atom. The number of ether oxygens (including phenoxy) is 1. The van der Waals surface area contributed by atoms with Crippen LogP contribution in [0.2, 0.25) is 0 Å². The molecule has 126 valence electrons. The molecule has 1 fully saturated rings. The van der Waals surface area contributed by atoms with Gasteiger partial charge in [0.15, 0.2) is 0 Å². The predicted molar refractivity (Wildman–Crippen MR) is 82.7 cm³/mol. The van der Waals surface area contributed by atoms with Crippen molar-refractivity contribution in [2.75, 3.05) is 7.11 Å². The molecule has 1 aromatic carbocycles. The molecule has 5 nitrogen and oxygen atoms in total. The standard InChI is InChI=1S/C17H22FNO4/c1-11(13-9-12(18)5-6-14(13)23-2)19-15(20)10-17(16(21)22)7-3-4-8-17/h5-6,9,11H,3-4,7-8,10H2,1-2H3,(H,19,20)(H,21,22). The number of amides is 1. The monoisotopic (exact) mass is 323 g/mol. The number of carbonyl (C=O) groups is 2. The fourth-order valence-corrected chi connectivity index (χ4v) is 3.24. The van der Waals surface area contributed by atoms with E-state index in [0.717, 1.165) is 12.8 Å². The van der Waals surface area contributed by atoms with Crippen LogP contribution in [0.4, 0.5) is 4.39 Å². The van der Waals surface area contributed by atoms with Gasteiger partial charge in [0.25, 0.3) is 0 Å². The Morgan fingerprint density at radius 2 is 2.04 bits per heavy atom. The van der Waals surface area contributed by atoms with Crippen LogP contribution >= 0.6 is 0 Å². The highest BCUT2D eigenvalue weighted by Gasteiger charge is 2.43. The Kier molecular flexibility index (Phi) is 5.23. The summed E-state index contributed by atoms with van der Waals surface area (Å²) in [5.41, 5.74) is -0.438. The zero-order valence-corrected chi connectivity index (χ0v) is 13.4. The summed E-state index contributed by atoms with van der Waals surface area (Å²) in [4.78, 5) is 23.8. The van der Waals surface area contributed by atoms with E-state index < -0.39 is 23.2 Å². The summed E-state index contributed by atoms with van der Waals surface area (Å²) in [6.07, 6.45) is 2.64. The topological polar surface area (TPSA) is 75.6 Å². The number of halogens is 1. The molecular weight excluding hydrogens is 301 g/mol. The van der Waals surface area contributed by atoms with Gasteiger partial charge in [0, 0.05) is 12.0 Å². The minimum Gasteiger partial charge on any atom is -0.496 e. The van der Waals surface area contributed by atoms with Crippen LogP contribution in [-0.4, -0.2) is 24.1 Å². The maximum atomic E-state index is 13.4. The second kappa shape index (κ2) is 6.98. The van der Waals surface area contributed by atoms with Crippen LogP contribution in [0, 0.1) is 11.2 Å². The van der Waals surface area contributed by atoms with Gasteiger partial charge in [-0.2, -0.15) is 0 Å². The van der Waals surface area contributed by atoms with Crippen molar-refractivity contribution in [3.63, 3.8) is 0 Å². The fraction of sp³-hybridized carbons (Fsp3) is 0.529. The lowest BCUT2D eigenvalue weighted by Gasteiger charge is -2.24. The lowest BCUT2D eigenvalue weighted by molar-refractivity contribution is -0.151. The summed E-state index contributed by atoms with van der Waals surface area (Å²) in [6.45, 7) is 1.72. The lowest BCUT2D eigenvalue weighted by Crippen LogP contribution is -2.36. The Balaban J connectivity index is 2.08. The third-order valence-electron chi connectivity index (χ3n) is 4.55. The van der Waals surface area contributed by atoms with Gasteiger partial charge in [-0.15, -0.1) is 0 Å². The molecule has 0 aliphatic heterocycles. The molecule has 0 aromatic heterocycles. The number of carboxylic acids is 1. The van der Waals surface area contributed by atoms with Crippen molar-refractivity contribution in [3.8, 4) is 5.75 Å². The average molecular weight is 323 g/mol. The zero-order valence-electron chi connectivity index (χ0n) is 13.4. The Bertz CT molecular complexity index is 596. The van der Waals surface area contributed by atoms with E-state index in [-0.39, 0.29) is 12.3 Å². The maximum Gasteiger partial charge on any atom is 0.310 e. The van der Waals surface area contributed by atoms with Gasteiger partial charge in [0.1, 0.15) is 11.6 Å². The third kappa shape index (κ3) is 3.81. The number of aliphatic carboxylic acids is 1. The molecule has 1 aliphatic carbocycles. The molecule has 23 heavy (non-hydrogen) atoms. The zero-order chi connectivity index (χ0) is 17.0. The molecule has 1 unspecified atom stereocenters. The molecule has 1 atom stereocenters. The van der Waals surface area contributed by atoms with Gasteiger partial charge >= 0.3 is 5.97 Å². The fourth-order valence-electron chi connectivity index (χ4n) is 3.24. The van der Waals surface area contributed by atoms with Crippen molar-refractivity contribution in [3.05, 3.63) is 29.6 Å². The highest BCUT2D eigenvalue weighted by Crippen LogP contribution is 2.41. The highest BCUT2D eigenvalue weighted by molar-refractivity contribution is 5.85. The highest BCUT2D eigenvalue weighted by atomic mass is 19.1. The Hall–Kier alpha value is -2.11. The molecule has 1 aromatic rings. The lowest BCUT2D eigenvalue weighted by atomic mass is 9.82. The summed E-state index contributed by atoms with van der Waals surface area (Å²) in [5.74, 6) is -1.19. The second-order valence-corrected chi connectivity index (χ2v) is 6.14. The Labute approximate surface area is 134 Å². The SMILES string of the molecule is COc1ccc(F)cc1C(C)NC(=O)CC1(C(=O)O)CCCC1. The first-order valence-electron chi connectivity index (χ1n) is 7.74. The number of carboxylic acid groups (broad SMARTS) is 1. The van der Waals surface area contributed by atoms with Gasteiger partial charge in [-0.05, 0) is 38.0 Å². The van der Waals surface area contributed by atoms with E-state index in [1.807, 2.05) is 0 Å². The van der Waals surface area contributed by atoms with Crippen LogP contribution in [0.1, 0.15) is 50.6 Å². The van der Waals surface area contributed by atoms with E-state index in [2.05, 4.69) is 5.32 Å². The molecule has 0 radical (unpaired) electrons. The number of rotatable bonds is 6. The summed E-state index contributed by atoms with van der Waals surface area (Å²) >= 11 is 0. The van der Waals surface area contributed by atoms with Crippen LogP contribution in [0.3, 0.4) is 0 Å². The van der Waals surface area contributed by atoms with Crippen molar-refractivity contribution in [2.45, 2.75) is 45.1 Å². The molecule has 2 N–H and O–H groups in total. The largest absolute Gasteiger partial charge is 0.496 e. The molecule has 0 bridgehead atoms. The van der Waals surface area contributed by atoms with Crippen molar-refractivity contribution < 1.29 is 23.8 Å².